The van der Waals surface area contributed by atoms with Crippen LogP contribution >= 0.6 is 15.9 Å². The van der Waals surface area contributed by atoms with E-state index >= 15 is 0 Å². The fourth-order valence-corrected chi connectivity index (χ4v) is 2.28. The number of nitrogens with one attached hydrogen (secondary N) is 1. The van der Waals surface area contributed by atoms with E-state index in [0.717, 1.165) is 23.4 Å². The number of benzene rings is 1. The van der Waals surface area contributed by atoms with Crippen LogP contribution in [0.2, 0.25) is 0 Å². The lowest BCUT2D eigenvalue weighted by molar-refractivity contribution is 0.628. The fraction of sp³-hybridized carbons (Fsp3) is 0.385. The largest absolute Gasteiger partial charge is 0.307 e. The third kappa shape index (κ3) is 3.17. The van der Waals surface area contributed by atoms with Crippen molar-refractivity contribution >= 4 is 15.9 Å². The second kappa shape index (κ2) is 5.20. The van der Waals surface area contributed by atoms with Crippen LogP contribution in [0.3, 0.4) is 0 Å². The van der Waals surface area contributed by atoms with Crippen LogP contribution in [0.1, 0.15) is 24.2 Å². The second-order valence-electron chi connectivity index (χ2n) is 4.64. The summed E-state index contributed by atoms with van der Waals surface area (Å²) in [5.41, 5.74) is 1.22. The normalized spacial score (nSPS) is 14.9. The summed E-state index contributed by atoms with van der Waals surface area (Å²) in [7, 11) is 0. The predicted octanol–water partition coefficient (Wildman–Crippen LogP) is 2.34. The van der Waals surface area contributed by atoms with Gasteiger partial charge in [0.05, 0.1) is 13.1 Å². The molecule has 1 aromatic heterocycles. The molecule has 2 aromatic rings. The van der Waals surface area contributed by atoms with Gasteiger partial charge < -0.3 is 5.32 Å². The SMILES string of the molecule is Brc1cccc(Cn2cnc(CNC3CC3)n2)c1. The Morgan fingerprint density at radius 2 is 2.28 bits per heavy atom. The molecular formula is C13H15BrN4. The molecule has 18 heavy (non-hydrogen) atoms. The van der Waals surface area contributed by atoms with Gasteiger partial charge in [0.2, 0.25) is 0 Å². The van der Waals surface area contributed by atoms with Crippen LogP contribution < -0.4 is 5.32 Å². The minimum absolute atomic E-state index is 0.696. The summed E-state index contributed by atoms with van der Waals surface area (Å²) in [5.74, 6) is 0.872. The highest BCUT2D eigenvalue weighted by Gasteiger charge is 2.20. The Morgan fingerprint density at radius 3 is 3.06 bits per heavy atom. The van der Waals surface area contributed by atoms with E-state index in [1.54, 1.807) is 6.33 Å². The zero-order valence-corrected chi connectivity index (χ0v) is 11.6. The van der Waals surface area contributed by atoms with Crippen LogP contribution in [0.15, 0.2) is 35.1 Å². The molecule has 1 saturated carbocycles. The molecular weight excluding hydrogens is 292 g/mol. The first-order chi connectivity index (χ1) is 8.79. The molecule has 0 bridgehead atoms. The highest BCUT2D eigenvalue weighted by Crippen LogP contribution is 2.18. The maximum atomic E-state index is 4.46. The fourth-order valence-electron chi connectivity index (χ4n) is 1.84. The van der Waals surface area contributed by atoms with Gasteiger partial charge in [0.1, 0.15) is 6.33 Å². The molecule has 94 valence electrons. The first kappa shape index (κ1) is 11.9. The summed E-state index contributed by atoms with van der Waals surface area (Å²) in [5, 5.41) is 7.88. The third-order valence-electron chi connectivity index (χ3n) is 2.94. The average Bonchev–Trinajstić information content (AvgIpc) is 3.08. The topological polar surface area (TPSA) is 42.7 Å². The van der Waals surface area contributed by atoms with Gasteiger partial charge in [0.15, 0.2) is 5.82 Å². The van der Waals surface area contributed by atoms with E-state index in [9.17, 15) is 0 Å². The molecule has 1 heterocycles. The third-order valence-corrected chi connectivity index (χ3v) is 3.44. The lowest BCUT2D eigenvalue weighted by Gasteiger charge is -2.01. The van der Waals surface area contributed by atoms with E-state index in [0.29, 0.717) is 6.04 Å². The number of rotatable bonds is 5. The van der Waals surface area contributed by atoms with Gasteiger partial charge in [0, 0.05) is 10.5 Å². The molecule has 1 N–H and O–H groups in total. The first-order valence-corrected chi connectivity index (χ1v) is 6.95. The predicted molar refractivity (Wildman–Crippen MR) is 73.1 cm³/mol. The maximum absolute atomic E-state index is 4.46. The Hall–Kier alpha value is -1.20. The minimum atomic E-state index is 0.696. The van der Waals surface area contributed by atoms with Crippen molar-refractivity contribution in [2.45, 2.75) is 32.0 Å². The lowest BCUT2D eigenvalue weighted by Crippen LogP contribution is -2.16. The van der Waals surface area contributed by atoms with Crippen molar-refractivity contribution in [3.05, 3.63) is 46.5 Å². The Kier molecular flexibility index (Phi) is 3.43. The van der Waals surface area contributed by atoms with Gasteiger partial charge in [-0.2, -0.15) is 5.10 Å². The van der Waals surface area contributed by atoms with Crippen molar-refractivity contribution in [2.75, 3.05) is 0 Å². The van der Waals surface area contributed by atoms with E-state index in [2.05, 4.69) is 43.5 Å². The Labute approximate surface area is 115 Å². The van der Waals surface area contributed by atoms with Crippen molar-refractivity contribution in [3.8, 4) is 0 Å². The molecule has 0 radical (unpaired) electrons. The molecule has 1 aromatic carbocycles. The number of nitrogens with zero attached hydrogens (tertiary/aromatic N) is 3. The van der Waals surface area contributed by atoms with Gasteiger partial charge in [0.25, 0.3) is 0 Å². The molecule has 0 spiro atoms. The molecule has 1 aliphatic carbocycles. The quantitative estimate of drug-likeness (QED) is 0.922. The standard InChI is InChI=1S/C13H15BrN4/c14-11-3-1-2-10(6-11)8-18-9-16-13(17-18)7-15-12-4-5-12/h1-3,6,9,12,15H,4-5,7-8H2. The maximum Gasteiger partial charge on any atom is 0.164 e. The zero-order chi connectivity index (χ0) is 12.4. The number of halogens is 1. The zero-order valence-electron chi connectivity index (χ0n) is 10.0. The van der Waals surface area contributed by atoms with E-state index in [1.165, 1.54) is 18.4 Å². The summed E-state index contributed by atoms with van der Waals surface area (Å²) < 4.78 is 2.97. The number of hydrogen-bond donors (Lipinski definition) is 1. The molecule has 1 fully saturated rings. The summed E-state index contributed by atoms with van der Waals surface area (Å²) in [4.78, 5) is 4.31. The highest BCUT2D eigenvalue weighted by atomic mass is 79.9. The van der Waals surface area contributed by atoms with Gasteiger partial charge >= 0.3 is 0 Å². The van der Waals surface area contributed by atoms with Crippen LogP contribution in [0.25, 0.3) is 0 Å². The average molecular weight is 307 g/mol. The molecule has 0 aliphatic heterocycles. The van der Waals surface area contributed by atoms with Crippen molar-refractivity contribution < 1.29 is 0 Å². The van der Waals surface area contributed by atoms with Crippen molar-refractivity contribution in [3.63, 3.8) is 0 Å². The Balaban J connectivity index is 1.61. The summed E-state index contributed by atoms with van der Waals surface area (Å²) >= 11 is 3.47. The minimum Gasteiger partial charge on any atom is -0.307 e. The highest BCUT2D eigenvalue weighted by molar-refractivity contribution is 9.10. The summed E-state index contributed by atoms with van der Waals surface area (Å²) in [6.07, 6.45) is 4.38. The number of aromatic nitrogens is 3. The molecule has 0 unspecified atom stereocenters. The Bertz CT molecular complexity index is 533. The van der Waals surface area contributed by atoms with Gasteiger partial charge in [-0.25, -0.2) is 9.67 Å². The van der Waals surface area contributed by atoms with Crippen LogP contribution in [-0.4, -0.2) is 20.8 Å². The van der Waals surface area contributed by atoms with Crippen LogP contribution in [0.4, 0.5) is 0 Å². The van der Waals surface area contributed by atoms with Gasteiger partial charge in [-0.05, 0) is 30.5 Å². The molecule has 0 saturated heterocycles. The van der Waals surface area contributed by atoms with Gasteiger partial charge in [-0.1, -0.05) is 28.1 Å². The van der Waals surface area contributed by atoms with Gasteiger partial charge in [-0.15, -0.1) is 0 Å². The van der Waals surface area contributed by atoms with Crippen molar-refractivity contribution in [2.24, 2.45) is 0 Å². The van der Waals surface area contributed by atoms with E-state index in [-0.39, 0.29) is 0 Å². The van der Waals surface area contributed by atoms with E-state index < -0.39 is 0 Å². The molecule has 1 aliphatic rings. The van der Waals surface area contributed by atoms with Crippen LogP contribution in [0, 0.1) is 0 Å². The van der Waals surface area contributed by atoms with Crippen molar-refractivity contribution in [1.82, 2.24) is 20.1 Å². The molecule has 4 nitrogen and oxygen atoms in total. The molecule has 0 amide bonds. The Morgan fingerprint density at radius 1 is 1.39 bits per heavy atom. The van der Waals surface area contributed by atoms with Crippen molar-refractivity contribution in [1.29, 1.82) is 0 Å². The summed E-state index contributed by atoms with van der Waals surface area (Å²) in [6.45, 7) is 1.53. The molecule has 0 atom stereocenters. The summed E-state index contributed by atoms with van der Waals surface area (Å²) in [6, 6.07) is 8.95. The first-order valence-electron chi connectivity index (χ1n) is 6.16. The smallest absolute Gasteiger partial charge is 0.164 e. The molecule has 5 heteroatoms. The van der Waals surface area contributed by atoms with E-state index in [1.807, 2.05) is 16.8 Å². The lowest BCUT2D eigenvalue weighted by atomic mass is 10.2. The van der Waals surface area contributed by atoms with Crippen LogP contribution in [0.5, 0.6) is 0 Å². The second-order valence-corrected chi connectivity index (χ2v) is 5.56. The van der Waals surface area contributed by atoms with Crippen LogP contribution in [-0.2, 0) is 13.1 Å². The van der Waals surface area contributed by atoms with Gasteiger partial charge in [-0.3, -0.25) is 0 Å². The monoisotopic (exact) mass is 306 g/mol. The van der Waals surface area contributed by atoms with E-state index in [4.69, 9.17) is 0 Å². The number of hydrogen-bond acceptors (Lipinski definition) is 3. The molecule has 3 rings (SSSR count).